The summed E-state index contributed by atoms with van der Waals surface area (Å²) in [7, 11) is 1.31. The molecule has 20 heavy (non-hydrogen) atoms. The molecular weight excluding hydrogens is 256 g/mol. The van der Waals surface area contributed by atoms with E-state index >= 15 is 0 Å². The van der Waals surface area contributed by atoms with Crippen LogP contribution in [0.3, 0.4) is 0 Å². The van der Waals surface area contributed by atoms with Gasteiger partial charge in [0, 0.05) is 24.5 Å². The smallest absolute Gasteiger partial charge is 0.343 e. The van der Waals surface area contributed by atoms with E-state index in [-0.39, 0.29) is 5.56 Å². The van der Waals surface area contributed by atoms with Crippen molar-refractivity contribution in [3.63, 3.8) is 0 Å². The fourth-order valence-corrected chi connectivity index (χ4v) is 1.81. The SMILES string of the molecule is COC(=O)c1c(N)cccc1OCCc1cccnc1. The highest BCUT2D eigenvalue weighted by atomic mass is 16.5. The average molecular weight is 272 g/mol. The summed E-state index contributed by atoms with van der Waals surface area (Å²) in [5.74, 6) is -0.0692. The zero-order valence-electron chi connectivity index (χ0n) is 11.2. The Balaban J connectivity index is 2.06. The molecule has 0 aliphatic rings. The van der Waals surface area contributed by atoms with Crippen LogP contribution < -0.4 is 10.5 Å². The number of carbonyl (C=O) groups excluding carboxylic acids is 1. The van der Waals surface area contributed by atoms with Gasteiger partial charge in [-0.25, -0.2) is 4.79 Å². The largest absolute Gasteiger partial charge is 0.492 e. The molecule has 0 aliphatic heterocycles. The maximum atomic E-state index is 11.7. The molecule has 0 spiro atoms. The van der Waals surface area contributed by atoms with Gasteiger partial charge in [-0.3, -0.25) is 4.98 Å². The van der Waals surface area contributed by atoms with Gasteiger partial charge in [-0.2, -0.15) is 0 Å². The first-order valence-corrected chi connectivity index (χ1v) is 6.21. The van der Waals surface area contributed by atoms with E-state index in [9.17, 15) is 4.79 Å². The number of rotatable bonds is 5. The van der Waals surface area contributed by atoms with E-state index in [2.05, 4.69) is 4.98 Å². The third-order valence-electron chi connectivity index (χ3n) is 2.82. The number of hydrogen-bond donors (Lipinski definition) is 1. The first-order chi connectivity index (χ1) is 9.72. The summed E-state index contributed by atoms with van der Waals surface area (Å²) in [5, 5.41) is 0. The van der Waals surface area contributed by atoms with Crippen molar-refractivity contribution in [2.75, 3.05) is 19.5 Å². The lowest BCUT2D eigenvalue weighted by molar-refractivity contribution is 0.0597. The molecule has 5 heteroatoms. The summed E-state index contributed by atoms with van der Waals surface area (Å²) in [6.07, 6.45) is 4.20. The third kappa shape index (κ3) is 3.26. The van der Waals surface area contributed by atoms with Crippen molar-refractivity contribution in [1.82, 2.24) is 4.98 Å². The predicted octanol–water partition coefficient (Wildman–Crippen LogP) is 2.07. The van der Waals surface area contributed by atoms with E-state index in [4.69, 9.17) is 15.2 Å². The monoisotopic (exact) mass is 272 g/mol. The van der Waals surface area contributed by atoms with E-state index in [1.165, 1.54) is 7.11 Å². The van der Waals surface area contributed by atoms with Crippen molar-refractivity contribution in [3.8, 4) is 5.75 Å². The number of nitrogen functional groups attached to an aromatic ring is 1. The lowest BCUT2D eigenvalue weighted by Gasteiger charge is -2.12. The molecule has 1 heterocycles. The van der Waals surface area contributed by atoms with Gasteiger partial charge in [0.2, 0.25) is 0 Å². The minimum Gasteiger partial charge on any atom is -0.492 e. The number of benzene rings is 1. The molecule has 2 aromatic rings. The van der Waals surface area contributed by atoms with Crippen LogP contribution >= 0.6 is 0 Å². The number of hydrogen-bond acceptors (Lipinski definition) is 5. The van der Waals surface area contributed by atoms with Crippen LogP contribution in [0.5, 0.6) is 5.75 Å². The molecule has 0 bridgehead atoms. The van der Waals surface area contributed by atoms with Crippen molar-refractivity contribution < 1.29 is 14.3 Å². The predicted molar refractivity (Wildman–Crippen MR) is 75.6 cm³/mol. The highest BCUT2D eigenvalue weighted by Crippen LogP contribution is 2.25. The molecule has 2 rings (SSSR count). The van der Waals surface area contributed by atoms with Gasteiger partial charge in [0.05, 0.1) is 13.7 Å². The van der Waals surface area contributed by atoms with E-state index < -0.39 is 5.97 Å². The molecule has 0 unspecified atom stereocenters. The fraction of sp³-hybridized carbons (Fsp3) is 0.200. The summed E-state index contributed by atoms with van der Waals surface area (Å²) in [6, 6.07) is 8.92. The van der Waals surface area contributed by atoms with Crippen LogP contribution in [0, 0.1) is 0 Å². The van der Waals surface area contributed by atoms with Crippen molar-refractivity contribution in [2.45, 2.75) is 6.42 Å². The van der Waals surface area contributed by atoms with Crippen LogP contribution in [-0.2, 0) is 11.2 Å². The Kier molecular flexibility index (Phi) is 4.55. The molecule has 0 aliphatic carbocycles. The van der Waals surface area contributed by atoms with Gasteiger partial charge in [-0.15, -0.1) is 0 Å². The van der Waals surface area contributed by atoms with Crippen LogP contribution in [0.4, 0.5) is 5.69 Å². The number of pyridine rings is 1. The Bertz CT molecular complexity index is 585. The first kappa shape index (κ1) is 13.9. The maximum absolute atomic E-state index is 11.7. The summed E-state index contributed by atoms with van der Waals surface area (Å²) < 4.78 is 10.3. The normalized spacial score (nSPS) is 10.1. The molecule has 0 fully saturated rings. The summed E-state index contributed by atoms with van der Waals surface area (Å²) >= 11 is 0. The molecule has 1 aromatic carbocycles. The topological polar surface area (TPSA) is 74.4 Å². The van der Waals surface area contributed by atoms with Crippen LogP contribution in [0.25, 0.3) is 0 Å². The number of carbonyl (C=O) groups is 1. The Morgan fingerprint density at radius 3 is 2.85 bits per heavy atom. The molecule has 0 amide bonds. The standard InChI is InChI=1S/C15H16N2O3/c1-19-15(18)14-12(16)5-2-6-13(14)20-9-7-11-4-3-8-17-10-11/h2-6,8,10H,7,9,16H2,1H3. The van der Waals surface area contributed by atoms with Crippen molar-refractivity contribution in [2.24, 2.45) is 0 Å². The molecule has 0 saturated carbocycles. The molecule has 104 valence electrons. The Labute approximate surface area is 117 Å². The molecular formula is C15H16N2O3. The van der Waals surface area contributed by atoms with Gasteiger partial charge in [0.15, 0.2) is 0 Å². The maximum Gasteiger partial charge on any atom is 0.343 e. The molecule has 2 N–H and O–H groups in total. The quantitative estimate of drug-likeness (QED) is 0.666. The second kappa shape index (κ2) is 6.56. The number of methoxy groups -OCH3 is 1. The lowest BCUT2D eigenvalue weighted by atomic mass is 10.1. The molecule has 1 aromatic heterocycles. The Hall–Kier alpha value is -2.56. The zero-order valence-corrected chi connectivity index (χ0v) is 11.2. The summed E-state index contributed by atoms with van der Waals surface area (Å²) in [5.41, 5.74) is 7.46. The molecule has 0 atom stereocenters. The van der Waals surface area contributed by atoms with Crippen molar-refractivity contribution >= 4 is 11.7 Å². The van der Waals surface area contributed by atoms with Gasteiger partial charge < -0.3 is 15.2 Å². The molecule has 0 radical (unpaired) electrons. The number of nitrogens with two attached hydrogens (primary N) is 1. The van der Waals surface area contributed by atoms with Crippen LogP contribution in [0.1, 0.15) is 15.9 Å². The van der Waals surface area contributed by atoms with Gasteiger partial charge in [0.1, 0.15) is 11.3 Å². The lowest BCUT2D eigenvalue weighted by Crippen LogP contribution is -2.10. The number of ether oxygens (including phenoxy) is 2. The van der Waals surface area contributed by atoms with Gasteiger partial charge in [-0.1, -0.05) is 12.1 Å². The number of anilines is 1. The average Bonchev–Trinajstić information content (AvgIpc) is 2.48. The molecule has 0 saturated heterocycles. The number of aromatic nitrogens is 1. The van der Waals surface area contributed by atoms with Crippen molar-refractivity contribution in [3.05, 3.63) is 53.9 Å². The second-order valence-electron chi connectivity index (χ2n) is 4.17. The minimum atomic E-state index is -0.500. The number of esters is 1. The van der Waals surface area contributed by atoms with Crippen LogP contribution in [-0.4, -0.2) is 24.7 Å². The van der Waals surface area contributed by atoms with E-state index in [1.807, 2.05) is 12.1 Å². The Morgan fingerprint density at radius 1 is 1.30 bits per heavy atom. The first-order valence-electron chi connectivity index (χ1n) is 6.21. The van der Waals surface area contributed by atoms with Gasteiger partial charge in [0.25, 0.3) is 0 Å². The Morgan fingerprint density at radius 2 is 2.15 bits per heavy atom. The van der Waals surface area contributed by atoms with Crippen molar-refractivity contribution in [1.29, 1.82) is 0 Å². The number of nitrogens with zero attached hydrogens (tertiary/aromatic N) is 1. The second-order valence-corrected chi connectivity index (χ2v) is 4.17. The highest BCUT2D eigenvalue weighted by molar-refractivity contribution is 5.98. The minimum absolute atomic E-state index is 0.265. The highest BCUT2D eigenvalue weighted by Gasteiger charge is 2.16. The fourth-order valence-electron chi connectivity index (χ4n) is 1.81. The zero-order chi connectivity index (χ0) is 14.4. The molecule has 5 nitrogen and oxygen atoms in total. The van der Waals surface area contributed by atoms with E-state index in [0.29, 0.717) is 24.5 Å². The van der Waals surface area contributed by atoms with Gasteiger partial charge >= 0.3 is 5.97 Å². The van der Waals surface area contributed by atoms with Crippen LogP contribution in [0.15, 0.2) is 42.7 Å². The summed E-state index contributed by atoms with van der Waals surface area (Å²) in [6.45, 7) is 0.430. The van der Waals surface area contributed by atoms with E-state index in [1.54, 1.807) is 30.6 Å². The third-order valence-corrected chi connectivity index (χ3v) is 2.82. The van der Waals surface area contributed by atoms with Crippen LogP contribution in [0.2, 0.25) is 0 Å². The van der Waals surface area contributed by atoms with E-state index in [0.717, 1.165) is 5.56 Å². The van der Waals surface area contributed by atoms with Gasteiger partial charge in [-0.05, 0) is 23.8 Å². The summed E-state index contributed by atoms with van der Waals surface area (Å²) in [4.78, 5) is 15.7.